The van der Waals surface area contributed by atoms with E-state index in [4.69, 9.17) is 19.9 Å². The number of benzene rings is 9. The molecular formula is C60H32N10. The van der Waals surface area contributed by atoms with Crippen LogP contribution >= 0.6 is 0 Å². The smallest absolute Gasteiger partial charge is 0.183 e. The number of hydrogen-bond donors (Lipinski definition) is 0. The summed E-state index contributed by atoms with van der Waals surface area (Å²) < 4.78 is 0. The number of aromatic nitrogens is 4. The van der Waals surface area contributed by atoms with Crippen LogP contribution in [0.5, 0.6) is 0 Å². The lowest BCUT2D eigenvalue weighted by Gasteiger charge is -2.38. The minimum atomic E-state index is 0.490. The highest BCUT2D eigenvalue weighted by Crippen LogP contribution is 2.55. The van der Waals surface area contributed by atoms with Crippen molar-refractivity contribution < 1.29 is 0 Å². The molecule has 0 saturated heterocycles. The van der Waals surface area contributed by atoms with Crippen molar-refractivity contribution in [2.24, 2.45) is 0 Å². The van der Waals surface area contributed by atoms with Crippen LogP contribution in [0.25, 0.3) is 77.3 Å². The summed E-state index contributed by atoms with van der Waals surface area (Å²) >= 11 is 0. The highest BCUT2D eigenvalue weighted by molar-refractivity contribution is 6.09. The predicted octanol–water partition coefficient (Wildman–Crippen LogP) is 14.1. The Labute approximate surface area is 401 Å². The van der Waals surface area contributed by atoms with E-state index in [0.29, 0.717) is 67.9 Å². The molecule has 1 aliphatic heterocycles. The molecule has 0 amide bonds. The van der Waals surface area contributed by atoms with E-state index in [1.807, 2.05) is 97.1 Å². The molecule has 11 aromatic rings. The van der Waals surface area contributed by atoms with Crippen LogP contribution in [0, 0.1) is 45.3 Å². The second-order valence-corrected chi connectivity index (χ2v) is 16.7. The minimum Gasteiger partial charge on any atom is -0.272 e. The van der Waals surface area contributed by atoms with Gasteiger partial charge in [0.15, 0.2) is 23.3 Å². The molecule has 12 rings (SSSR count). The van der Waals surface area contributed by atoms with Crippen molar-refractivity contribution in [2.75, 3.05) is 9.80 Å². The van der Waals surface area contributed by atoms with E-state index >= 15 is 0 Å². The standard InChI is InChI=1S/C60H32N10/c61-33-37-15-23-43(24-16-37)49-31-51-52(32-50(49)44-25-17-38(34-62)18-26-44)66-58-57(65-51)69(53-13-5-9-41-7-1-3-11-47(41)53)59-60(70(58)54-14-6-10-42-8-2-4-12-48(42)54)68-56(46-29-21-40(36-64)22-30-46)55(67-59)45-27-19-39(35-63)20-28-45/h1-32H. The van der Waals surface area contributed by atoms with Gasteiger partial charge in [-0.2, -0.15) is 21.0 Å². The van der Waals surface area contributed by atoms with Gasteiger partial charge in [-0.05, 0) is 106 Å². The summed E-state index contributed by atoms with van der Waals surface area (Å²) in [6.45, 7) is 0. The second-order valence-electron chi connectivity index (χ2n) is 16.7. The molecule has 2 aromatic heterocycles. The number of nitriles is 4. The van der Waals surface area contributed by atoms with Crippen molar-refractivity contribution in [1.82, 2.24) is 19.9 Å². The first-order valence-corrected chi connectivity index (χ1v) is 22.4. The summed E-state index contributed by atoms with van der Waals surface area (Å²) in [5.74, 6) is 1.99. The van der Waals surface area contributed by atoms with Crippen LogP contribution in [0.1, 0.15) is 22.3 Å². The van der Waals surface area contributed by atoms with E-state index < -0.39 is 0 Å². The third-order valence-corrected chi connectivity index (χ3v) is 12.7. The van der Waals surface area contributed by atoms with Gasteiger partial charge in [-0.1, -0.05) is 121 Å². The van der Waals surface area contributed by atoms with E-state index in [2.05, 4.69) is 82.6 Å². The van der Waals surface area contributed by atoms with Gasteiger partial charge in [0, 0.05) is 21.9 Å². The molecule has 1 aliphatic rings. The molecule has 0 N–H and O–H groups in total. The monoisotopic (exact) mass is 892 g/mol. The molecule has 0 atom stereocenters. The van der Waals surface area contributed by atoms with Gasteiger partial charge in [-0.25, -0.2) is 19.9 Å². The maximum absolute atomic E-state index is 9.81. The Hall–Kier alpha value is -10.5. The number of anilines is 6. The molecule has 10 nitrogen and oxygen atoms in total. The van der Waals surface area contributed by atoms with Crippen molar-refractivity contribution in [2.45, 2.75) is 0 Å². The fourth-order valence-corrected chi connectivity index (χ4v) is 9.30. The molecule has 0 unspecified atom stereocenters. The zero-order chi connectivity index (χ0) is 47.3. The SMILES string of the molecule is N#Cc1ccc(-c2cc3nc4c(nc3cc2-c2ccc(C#N)cc2)N(c2cccc3ccccc23)c2nc(-c3ccc(C#N)cc3)c(-c3ccc(C#N)cc3)nc2N4c2cccc3ccccc23)cc1. The molecular weight excluding hydrogens is 861 g/mol. The van der Waals surface area contributed by atoms with Gasteiger partial charge >= 0.3 is 0 Å². The van der Waals surface area contributed by atoms with Gasteiger partial charge in [0.2, 0.25) is 0 Å². The molecule has 70 heavy (non-hydrogen) atoms. The molecule has 322 valence electrons. The topological polar surface area (TPSA) is 153 Å². The fraction of sp³-hybridized carbons (Fsp3) is 0. The maximum atomic E-state index is 9.81. The molecule has 0 fully saturated rings. The van der Waals surface area contributed by atoms with Gasteiger partial charge in [0.05, 0.1) is 80.3 Å². The highest BCUT2D eigenvalue weighted by Gasteiger charge is 2.39. The summed E-state index contributed by atoms with van der Waals surface area (Å²) in [6, 6.07) is 71.3. The van der Waals surface area contributed by atoms with Crippen LogP contribution in [-0.2, 0) is 0 Å². The molecule has 0 spiro atoms. The average molecular weight is 893 g/mol. The lowest BCUT2D eigenvalue weighted by atomic mass is 9.93. The van der Waals surface area contributed by atoms with Crippen LogP contribution < -0.4 is 9.80 Å². The first-order valence-electron chi connectivity index (χ1n) is 22.4. The summed E-state index contributed by atoms with van der Waals surface area (Å²) in [6.07, 6.45) is 0. The van der Waals surface area contributed by atoms with Crippen molar-refractivity contribution in [1.29, 1.82) is 21.0 Å². The summed E-state index contributed by atoms with van der Waals surface area (Å²) in [5, 5.41) is 43.0. The summed E-state index contributed by atoms with van der Waals surface area (Å²) in [5.41, 5.74) is 11.0. The van der Waals surface area contributed by atoms with Crippen molar-refractivity contribution >= 4 is 67.2 Å². The van der Waals surface area contributed by atoms with E-state index in [1.165, 1.54) is 0 Å². The van der Waals surface area contributed by atoms with Crippen LogP contribution in [-0.4, -0.2) is 19.9 Å². The third kappa shape index (κ3) is 6.86. The lowest BCUT2D eigenvalue weighted by molar-refractivity contribution is 1.01. The lowest BCUT2D eigenvalue weighted by Crippen LogP contribution is -2.28. The van der Waals surface area contributed by atoms with Crippen LogP contribution in [0.3, 0.4) is 0 Å². The van der Waals surface area contributed by atoms with Crippen LogP contribution in [0.15, 0.2) is 194 Å². The van der Waals surface area contributed by atoms with Gasteiger partial charge < -0.3 is 0 Å². The second kappa shape index (κ2) is 16.7. The molecule has 0 aliphatic carbocycles. The van der Waals surface area contributed by atoms with Gasteiger partial charge in [-0.15, -0.1) is 0 Å². The number of rotatable bonds is 6. The third-order valence-electron chi connectivity index (χ3n) is 12.7. The average Bonchev–Trinajstić information content (AvgIpc) is 3.43. The first-order chi connectivity index (χ1) is 34.5. The Morgan fingerprint density at radius 1 is 0.314 bits per heavy atom. The Morgan fingerprint density at radius 3 is 0.986 bits per heavy atom. The highest BCUT2D eigenvalue weighted by atomic mass is 15.4. The number of nitrogens with zero attached hydrogens (tertiary/aromatic N) is 10. The van der Waals surface area contributed by atoms with Crippen molar-refractivity contribution in [3.8, 4) is 69.0 Å². The summed E-state index contributed by atoms with van der Waals surface area (Å²) in [4.78, 5) is 26.7. The number of fused-ring (bicyclic) bond motifs is 5. The quantitative estimate of drug-likeness (QED) is 0.158. The Balaban J connectivity index is 1.22. The first kappa shape index (κ1) is 40.9. The van der Waals surface area contributed by atoms with Gasteiger partial charge in [0.25, 0.3) is 0 Å². The normalized spacial score (nSPS) is 11.6. The summed E-state index contributed by atoms with van der Waals surface area (Å²) in [7, 11) is 0. The molecule has 0 radical (unpaired) electrons. The zero-order valence-electron chi connectivity index (χ0n) is 36.9. The van der Waals surface area contributed by atoms with Gasteiger partial charge in [0.1, 0.15) is 0 Å². The fourth-order valence-electron chi connectivity index (χ4n) is 9.30. The van der Waals surface area contributed by atoms with Crippen molar-refractivity contribution in [3.63, 3.8) is 0 Å². The van der Waals surface area contributed by atoms with Crippen molar-refractivity contribution in [3.05, 3.63) is 216 Å². The Morgan fingerprint density at radius 2 is 0.629 bits per heavy atom. The Kier molecular flexibility index (Phi) is 9.78. The molecule has 3 heterocycles. The van der Waals surface area contributed by atoms with E-state index in [1.54, 1.807) is 48.5 Å². The van der Waals surface area contributed by atoms with E-state index in [0.717, 1.165) is 66.3 Å². The van der Waals surface area contributed by atoms with Crippen LogP contribution in [0.4, 0.5) is 34.6 Å². The minimum absolute atomic E-state index is 0.490. The molecule has 9 aromatic carbocycles. The van der Waals surface area contributed by atoms with Gasteiger partial charge in [-0.3, -0.25) is 9.80 Å². The zero-order valence-corrected chi connectivity index (χ0v) is 36.9. The molecule has 0 bridgehead atoms. The van der Waals surface area contributed by atoms with E-state index in [9.17, 15) is 21.0 Å². The largest absolute Gasteiger partial charge is 0.272 e. The Bertz CT molecular complexity index is 3820. The predicted molar refractivity (Wildman–Crippen MR) is 274 cm³/mol. The number of hydrogen-bond acceptors (Lipinski definition) is 10. The molecule has 10 heteroatoms. The maximum Gasteiger partial charge on any atom is 0.183 e. The van der Waals surface area contributed by atoms with E-state index in [-0.39, 0.29) is 0 Å². The van der Waals surface area contributed by atoms with Crippen LogP contribution in [0.2, 0.25) is 0 Å². The molecule has 0 saturated carbocycles.